The summed E-state index contributed by atoms with van der Waals surface area (Å²) < 4.78 is 1.70. The molecule has 1 amide bonds. The lowest BCUT2D eigenvalue weighted by molar-refractivity contribution is 0.102. The Hall–Kier alpha value is -1.20. The van der Waals surface area contributed by atoms with Crippen LogP contribution in [0.25, 0.3) is 0 Å². The molecule has 1 aromatic carbocycles. The zero-order valence-corrected chi connectivity index (χ0v) is 13.7. The minimum atomic E-state index is -0.220. The van der Waals surface area contributed by atoms with Crippen molar-refractivity contribution in [3.8, 4) is 0 Å². The molecule has 3 nitrogen and oxygen atoms in total. The number of hydrogen-bond acceptors (Lipinski definition) is 2. The third kappa shape index (κ3) is 3.42. The van der Waals surface area contributed by atoms with Crippen molar-refractivity contribution in [3.63, 3.8) is 0 Å². The van der Waals surface area contributed by atoms with Crippen molar-refractivity contribution in [2.75, 3.05) is 5.32 Å². The second-order valence-electron chi connectivity index (χ2n) is 4.22. The van der Waals surface area contributed by atoms with Crippen molar-refractivity contribution < 1.29 is 4.79 Å². The van der Waals surface area contributed by atoms with Crippen LogP contribution in [0.5, 0.6) is 0 Å². The first kappa shape index (κ1) is 14.2. The number of halogens is 2. The van der Waals surface area contributed by atoms with E-state index in [1.54, 1.807) is 18.2 Å². The Morgan fingerprint density at radius 2 is 1.79 bits per heavy atom. The zero-order valence-electron chi connectivity index (χ0n) is 10.5. The average Bonchev–Trinajstić information content (AvgIpc) is 2.36. The first-order valence-corrected chi connectivity index (χ1v) is 7.26. The van der Waals surface area contributed by atoms with Gasteiger partial charge in [-0.05, 0) is 65.2 Å². The van der Waals surface area contributed by atoms with Gasteiger partial charge in [-0.15, -0.1) is 0 Å². The highest BCUT2D eigenvalue weighted by Crippen LogP contribution is 2.25. The Labute approximate surface area is 128 Å². The molecule has 0 radical (unpaired) electrons. The lowest BCUT2D eigenvalue weighted by Gasteiger charge is -2.09. The fourth-order valence-corrected chi connectivity index (χ4v) is 2.32. The molecule has 0 aliphatic carbocycles. The molecule has 0 bridgehead atoms. The molecule has 0 fully saturated rings. The number of aryl methyl sites for hydroxylation is 2. The van der Waals surface area contributed by atoms with E-state index in [9.17, 15) is 4.79 Å². The topological polar surface area (TPSA) is 42.0 Å². The molecule has 0 aliphatic heterocycles. The largest absolute Gasteiger partial charge is 0.321 e. The van der Waals surface area contributed by atoms with Crippen molar-refractivity contribution in [1.82, 2.24) is 4.98 Å². The van der Waals surface area contributed by atoms with Gasteiger partial charge in [0.2, 0.25) is 0 Å². The third-order valence-corrected chi connectivity index (χ3v) is 4.33. The molecule has 1 aromatic heterocycles. The van der Waals surface area contributed by atoms with E-state index in [4.69, 9.17) is 0 Å². The number of rotatable bonds is 2. The monoisotopic (exact) mass is 382 g/mol. The average molecular weight is 384 g/mol. The van der Waals surface area contributed by atoms with Gasteiger partial charge in [-0.3, -0.25) is 4.79 Å². The maximum absolute atomic E-state index is 12.1. The number of aromatic nitrogens is 1. The van der Waals surface area contributed by atoms with Gasteiger partial charge in [-0.2, -0.15) is 0 Å². The Balaban J connectivity index is 2.24. The molecule has 98 valence electrons. The van der Waals surface area contributed by atoms with E-state index in [-0.39, 0.29) is 5.91 Å². The molecule has 0 saturated carbocycles. The van der Waals surface area contributed by atoms with Gasteiger partial charge in [-0.25, -0.2) is 4.98 Å². The highest BCUT2D eigenvalue weighted by atomic mass is 79.9. The molecule has 0 unspecified atom stereocenters. The summed E-state index contributed by atoms with van der Waals surface area (Å²) in [7, 11) is 0. The standard InChI is InChI=1S/C14H12Br2N2O/c1-8-6-10(7-9(2)13(8)16)17-14(19)11-4-3-5-12(15)18-11/h3-7H,1-2H3,(H,17,19). The number of hydrogen-bond donors (Lipinski definition) is 1. The van der Waals surface area contributed by atoms with Gasteiger partial charge >= 0.3 is 0 Å². The van der Waals surface area contributed by atoms with E-state index < -0.39 is 0 Å². The lowest BCUT2D eigenvalue weighted by Crippen LogP contribution is -2.13. The molecule has 0 aliphatic rings. The fourth-order valence-electron chi connectivity index (χ4n) is 1.75. The molecule has 19 heavy (non-hydrogen) atoms. The minimum absolute atomic E-state index is 0.220. The van der Waals surface area contributed by atoms with Crippen LogP contribution in [0.15, 0.2) is 39.4 Å². The first-order valence-electron chi connectivity index (χ1n) is 5.68. The highest BCUT2D eigenvalue weighted by Gasteiger charge is 2.09. The number of carbonyl (C=O) groups excluding carboxylic acids is 1. The van der Waals surface area contributed by atoms with E-state index in [1.165, 1.54) is 0 Å². The third-order valence-electron chi connectivity index (χ3n) is 2.64. The minimum Gasteiger partial charge on any atom is -0.321 e. The van der Waals surface area contributed by atoms with Crippen LogP contribution >= 0.6 is 31.9 Å². The molecular weight excluding hydrogens is 372 g/mol. The quantitative estimate of drug-likeness (QED) is 0.777. The summed E-state index contributed by atoms with van der Waals surface area (Å²) in [5.41, 5.74) is 3.31. The van der Waals surface area contributed by atoms with Gasteiger partial charge < -0.3 is 5.32 Å². The van der Waals surface area contributed by atoms with Crippen LogP contribution in [-0.4, -0.2) is 10.9 Å². The Bertz CT molecular complexity index is 618. The lowest BCUT2D eigenvalue weighted by atomic mass is 10.1. The van der Waals surface area contributed by atoms with Crippen LogP contribution in [0, 0.1) is 13.8 Å². The Morgan fingerprint density at radius 1 is 1.16 bits per heavy atom. The van der Waals surface area contributed by atoms with Crippen LogP contribution in [-0.2, 0) is 0 Å². The smallest absolute Gasteiger partial charge is 0.274 e. The van der Waals surface area contributed by atoms with Crippen molar-refractivity contribution in [3.05, 3.63) is 56.2 Å². The maximum Gasteiger partial charge on any atom is 0.274 e. The van der Waals surface area contributed by atoms with Crippen LogP contribution in [0.3, 0.4) is 0 Å². The van der Waals surface area contributed by atoms with E-state index in [1.807, 2.05) is 26.0 Å². The summed E-state index contributed by atoms with van der Waals surface area (Å²) >= 11 is 6.75. The van der Waals surface area contributed by atoms with Gasteiger partial charge in [0.05, 0.1) is 0 Å². The van der Waals surface area contributed by atoms with Crippen LogP contribution in [0.4, 0.5) is 5.69 Å². The number of carbonyl (C=O) groups is 1. The predicted molar refractivity (Wildman–Crippen MR) is 83.5 cm³/mol. The molecule has 2 aromatic rings. The van der Waals surface area contributed by atoms with Gasteiger partial charge in [0.25, 0.3) is 5.91 Å². The first-order chi connectivity index (χ1) is 8.97. The van der Waals surface area contributed by atoms with E-state index in [2.05, 4.69) is 42.2 Å². The molecule has 5 heteroatoms. The normalized spacial score (nSPS) is 10.3. The van der Waals surface area contributed by atoms with Crippen molar-refractivity contribution in [2.24, 2.45) is 0 Å². The summed E-state index contributed by atoms with van der Waals surface area (Å²) in [5.74, 6) is -0.220. The van der Waals surface area contributed by atoms with Crippen molar-refractivity contribution >= 4 is 43.5 Å². The molecule has 0 atom stereocenters. The summed E-state index contributed by atoms with van der Waals surface area (Å²) in [6, 6.07) is 9.09. The second-order valence-corrected chi connectivity index (χ2v) is 5.83. The summed E-state index contributed by atoms with van der Waals surface area (Å²) in [5, 5.41) is 2.85. The van der Waals surface area contributed by atoms with Crippen LogP contribution < -0.4 is 5.32 Å². The molecule has 0 spiro atoms. The highest BCUT2D eigenvalue weighted by molar-refractivity contribution is 9.10. The van der Waals surface area contributed by atoms with Crippen molar-refractivity contribution in [1.29, 1.82) is 0 Å². The predicted octanol–water partition coefficient (Wildman–Crippen LogP) is 4.48. The number of amides is 1. The summed E-state index contributed by atoms with van der Waals surface area (Å²) in [4.78, 5) is 16.2. The summed E-state index contributed by atoms with van der Waals surface area (Å²) in [6.45, 7) is 3.98. The number of nitrogens with zero attached hydrogens (tertiary/aromatic N) is 1. The molecule has 1 heterocycles. The number of nitrogens with one attached hydrogen (secondary N) is 1. The van der Waals surface area contributed by atoms with Crippen LogP contribution in [0.1, 0.15) is 21.6 Å². The van der Waals surface area contributed by atoms with Gasteiger partial charge in [-0.1, -0.05) is 22.0 Å². The van der Waals surface area contributed by atoms with Gasteiger partial charge in [0.15, 0.2) is 0 Å². The number of benzene rings is 1. The van der Waals surface area contributed by atoms with E-state index in [0.717, 1.165) is 21.3 Å². The number of pyridine rings is 1. The maximum atomic E-state index is 12.1. The molecule has 2 rings (SSSR count). The Morgan fingerprint density at radius 3 is 2.37 bits per heavy atom. The van der Waals surface area contributed by atoms with Gasteiger partial charge in [0, 0.05) is 10.2 Å². The van der Waals surface area contributed by atoms with Crippen molar-refractivity contribution in [2.45, 2.75) is 13.8 Å². The molecule has 0 saturated heterocycles. The van der Waals surface area contributed by atoms with E-state index in [0.29, 0.717) is 10.3 Å². The summed E-state index contributed by atoms with van der Waals surface area (Å²) in [6.07, 6.45) is 0. The number of anilines is 1. The molecule has 1 N–H and O–H groups in total. The SMILES string of the molecule is Cc1cc(NC(=O)c2cccc(Br)n2)cc(C)c1Br. The Kier molecular flexibility index (Phi) is 4.37. The fraction of sp³-hybridized carbons (Fsp3) is 0.143. The molecular formula is C14H12Br2N2O. The van der Waals surface area contributed by atoms with Gasteiger partial charge in [0.1, 0.15) is 10.3 Å². The second kappa shape index (κ2) is 5.84. The van der Waals surface area contributed by atoms with E-state index >= 15 is 0 Å². The van der Waals surface area contributed by atoms with Crippen LogP contribution in [0.2, 0.25) is 0 Å². The zero-order chi connectivity index (χ0) is 14.0.